The lowest BCUT2D eigenvalue weighted by atomic mass is 10.1. The van der Waals surface area contributed by atoms with Gasteiger partial charge in [0.05, 0.1) is 27.0 Å². The Morgan fingerprint density at radius 3 is 2.24 bits per heavy atom. The molecular weight excluding hydrogens is 516 g/mol. The lowest BCUT2D eigenvalue weighted by Gasteiger charge is -2.32. The van der Waals surface area contributed by atoms with E-state index in [0.717, 1.165) is 22.7 Å². The second-order valence-corrected chi connectivity index (χ2v) is 10.3. The van der Waals surface area contributed by atoms with Crippen molar-refractivity contribution in [3.63, 3.8) is 0 Å². The van der Waals surface area contributed by atoms with Crippen molar-refractivity contribution in [1.29, 1.82) is 0 Å². The van der Waals surface area contributed by atoms with Crippen molar-refractivity contribution in [2.24, 2.45) is 0 Å². The molecule has 7 nitrogen and oxygen atoms in total. The van der Waals surface area contributed by atoms with Crippen LogP contribution in [0.5, 0.6) is 0 Å². The van der Waals surface area contributed by atoms with E-state index in [4.69, 9.17) is 34.8 Å². The normalized spacial score (nSPS) is 12.2. The van der Waals surface area contributed by atoms with Gasteiger partial charge in [-0.15, -0.1) is 0 Å². The summed E-state index contributed by atoms with van der Waals surface area (Å²) in [5, 5.41) is 2.82. The summed E-state index contributed by atoms with van der Waals surface area (Å²) in [6, 6.07) is 7.22. The molecule has 0 aliphatic rings. The second kappa shape index (κ2) is 11.4. The highest BCUT2D eigenvalue weighted by molar-refractivity contribution is 7.92. The number of halogens is 4. The summed E-state index contributed by atoms with van der Waals surface area (Å²) in [6.07, 6.45) is 1.19. The number of carbonyl (C=O) groups excluding carboxylic acids is 2. The van der Waals surface area contributed by atoms with E-state index < -0.39 is 40.2 Å². The fourth-order valence-electron chi connectivity index (χ4n) is 3.17. The van der Waals surface area contributed by atoms with E-state index in [0.29, 0.717) is 10.6 Å². The van der Waals surface area contributed by atoms with Gasteiger partial charge in [-0.05, 0) is 42.3 Å². The maximum Gasteiger partial charge on any atom is 0.244 e. The Labute approximate surface area is 207 Å². The van der Waals surface area contributed by atoms with E-state index >= 15 is 0 Å². The Kier molecular flexibility index (Phi) is 9.37. The zero-order valence-corrected chi connectivity index (χ0v) is 21.2. The van der Waals surface area contributed by atoms with Gasteiger partial charge in [0.1, 0.15) is 18.4 Å². The molecule has 0 bridgehead atoms. The van der Waals surface area contributed by atoms with Gasteiger partial charge >= 0.3 is 0 Å². The minimum atomic E-state index is -3.95. The SMILES string of the molecule is CC[C@H](C(=O)NC)N(Cc1ccc(Cl)c(Cl)c1)C(=O)CN(c1ccc(F)c(Cl)c1)S(C)(=O)=O. The number of carbonyl (C=O) groups is 2. The molecular formula is C21H23Cl3FN3O4S. The predicted octanol–water partition coefficient (Wildman–Crippen LogP) is 4.11. The van der Waals surface area contributed by atoms with Crippen LogP contribution in [-0.2, 0) is 26.2 Å². The summed E-state index contributed by atoms with van der Waals surface area (Å²) < 4.78 is 39.3. The molecule has 0 aliphatic carbocycles. The molecule has 0 radical (unpaired) electrons. The highest BCUT2D eigenvalue weighted by Crippen LogP contribution is 2.26. The Balaban J connectivity index is 2.46. The van der Waals surface area contributed by atoms with Crippen molar-refractivity contribution in [1.82, 2.24) is 10.2 Å². The second-order valence-electron chi connectivity index (χ2n) is 7.18. The number of nitrogens with one attached hydrogen (secondary N) is 1. The zero-order chi connectivity index (χ0) is 24.9. The van der Waals surface area contributed by atoms with Crippen LogP contribution in [0.3, 0.4) is 0 Å². The van der Waals surface area contributed by atoms with E-state index in [-0.39, 0.29) is 28.7 Å². The Hall–Kier alpha value is -2.07. The molecule has 12 heteroatoms. The first-order chi connectivity index (χ1) is 15.4. The third-order valence-electron chi connectivity index (χ3n) is 4.84. The molecule has 180 valence electrons. The number of rotatable bonds is 9. The molecule has 0 fully saturated rings. The molecule has 0 unspecified atom stereocenters. The molecule has 0 spiro atoms. The highest BCUT2D eigenvalue weighted by Gasteiger charge is 2.31. The number of hydrogen-bond donors (Lipinski definition) is 1. The lowest BCUT2D eigenvalue weighted by molar-refractivity contribution is -0.140. The lowest BCUT2D eigenvalue weighted by Crippen LogP contribution is -2.51. The van der Waals surface area contributed by atoms with Crippen molar-refractivity contribution < 1.29 is 22.4 Å². The van der Waals surface area contributed by atoms with Gasteiger partial charge in [0.25, 0.3) is 0 Å². The molecule has 1 atom stereocenters. The molecule has 1 N–H and O–H groups in total. The van der Waals surface area contributed by atoms with E-state index in [2.05, 4.69) is 5.32 Å². The van der Waals surface area contributed by atoms with E-state index in [9.17, 15) is 22.4 Å². The maximum absolute atomic E-state index is 13.6. The van der Waals surface area contributed by atoms with Crippen molar-refractivity contribution in [2.45, 2.75) is 25.9 Å². The molecule has 0 heterocycles. The van der Waals surface area contributed by atoms with Crippen LogP contribution in [0.15, 0.2) is 36.4 Å². The average molecular weight is 539 g/mol. The van der Waals surface area contributed by atoms with Crippen molar-refractivity contribution in [3.05, 3.63) is 62.8 Å². The number of amides is 2. The average Bonchev–Trinajstić information content (AvgIpc) is 2.75. The molecule has 0 aromatic heterocycles. The molecule has 2 rings (SSSR count). The monoisotopic (exact) mass is 537 g/mol. The van der Waals surface area contributed by atoms with E-state index in [1.165, 1.54) is 18.0 Å². The van der Waals surface area contributed by atoms with Crippen LogP contribution in [-0.4, -0.2) is 51.0 Å². The van der Waals surface area contributed by atoms with Crippen LogP contribution in [0.4, 0.5) is 10.1 Å². The van der Waals surface area contributed by atoms with Crippen LogP contribution in [0.1, 0.15) is 18.9 Å². The van der Waals surface area contributed by atoms with Crippen LogP contribution in [0, 0.1) is 5.82 Å². The number of sulfonamides is 1. The summed E-state index contributed by atoms with van der Waals surface area (Å²) in [5.41, 5.74) is 0.607. The number of nitrogens with zero attached hydrogens (tertiary/aromatic N) is 2. The first-order valence-corrected chi connectivity index (χ1v) is 12.7. The van der Waals surface area contributed by atoms with Gasteiger partial charge in [0, 0.05) is 13.6 Å². The van der Waals surface area contributed by atoms with Crippen molar-refractivity contribution in [2.75, 3.05) is 24.2 Å². The minimum Gasteiger partial charge on any atom is -0.357 e. The molecule has 0 saturated carbocycles. The molecule has 0 saturated heterocycles. The first kappa shape index (κ1) is 27.2. The molecule has 0 aliphatic heterocycles. The van der Waals surface area contributed by atoms with Gasteiger partial charge in [-0.1, -0.05) is 47.8 Å². The van der Waals surface area contributed by atoms with Gasteiger partial charge in [-0.25, -0.2) is 12.8 Å². The van der Waals surface area contributed by atoms with Gasteiger partial charge in [0.2, 0.25) is 21.8 Å². The summed E-state index contributed by atoms with van der Waals surface area (Å²) in [7, 11) is -2.51. The van der Waals surface area contributed by atoms with Crippen LogP contribution < -0.4 is 9.62 Å². The summed E-state index contributed by atoms with van der Waals surface area (Å²) in [5.74, 6) is -1.80. The zero-order valence-electron chi connectivity index (χ0n) is 18.1. The van der Waals surface area contributed by atoms with Gasteiger partial charge in [-0.2, -0.15) is 0 Å². The van der Waals surface area contributed by atoms with E-state index in [1.807, 2.05) is 0 Å². The third kappa shape index (κ3) is 6.96. The summed E-state index contributed by atoms with van der Waals surface area (Å²) in [6.45, 7) is 1.07. The van der Waals surface area contributed by atoms with Crippen LogP contribution in [0.25, 0.3) is 0 Å². The predicted molar refractivity (Wildman–Crippen MR) is 129 cm³/mol. The van der Waals surface area contributed by atoms with Crippen LogP contribution in [0.2, 0.25) is 15.1 Å². The van der Waals surface area contributed by atoms with Crippen LogP contribution >= 0.6 is 34.8 Å². The molecule has 33 heavy (non-hydrogen) atoms. The number of hydrogen-bond acceptors (Lipinski definition) is 4. The Bertz CT molecular complexity index is 1150. The number of benzene rings is 2. The minimum absolute atomic E-state index is 0.0136. The summed E-state index contributed by atoms with van der Waals surface area (Å²) in [4.78, 5) is 27.1. The maximum atomic E-state index is 13.6. The van der Waals surface area contributed by atoms with Crippen molar-refractivity contribution >= 4 is 62.3 Å². The number of likely N-dealkylation sites (N-methyl/N-ethyl adjacent to an activating group) is 1. The van der Waals surface area contributed by atoms with E-state index in [1.54, 1.807) is 25.1 Å². The van der Waals surface area contributed by atoms with Gasteiger partial charge in [-0.3, -0.25) is 13.9 Å². The fourth-order valence-corrected chi connectivity index (χ4v) is 4.51. The molecule has 2 aromatic carbocycles. The standard InChI is InChI=1S/C21H23Cl3FN3O4S/c1-4-19(21(30)26-2)27(11-13-5-7-15(22)16(23)9-13)20(29)12-28(33(3,31)32)14-6-8-18(25)17(24)10-14/h5-10,19H,4,11-12H2,1-3H3,(H,26,30)/t19-/m1/s1. The largest absolute Gasteiger partial charge is 0.357 e. The smallest absolute Gasteiger partial charge is 0.244 e. The fraction of sp³-hybridized carbons (Fsp3) is 0.333. The van der Waals surface area contributed by atoms with Gasteiger partial charge in [0.15, 0.2) is 0 Å². The topological polar surface area (TPSA) is 86.8 Å². The molecule has 2 amide bonds. The Morgan fingerprint density at radius 2 is 1.73 bits per heavy atom. The number of anilines is 1. The van der Waals surface area contributed by atoms with Crippen molar-refractivity contribution in [3.8, 4) is 0 Å². The molecule has 2 aromatic rings. The van der Waals surface area contributed by atoms with Gasteiger partial charge < -0.3 is 10.2 Å². The third-order valence-corrected chi connectivity index (χ3v) is 7.01. The highest BCUT2D eigenvalue weighted by atomic mass is 35.5. The first-order valence-electron chi connectivity index (χ1n) is 9.76. The Morgan fingerprint density at radius 1 is 1.06 bits per heavy atom. The quantitative estimate of drug-likeness (QED) is 0.521. The summed E-state index contributed by atoms with van der Waals surface area (Å²) >= 11 is 17.9.